The van der Waals surface area contributed by atoms with Gasteiger partial charge in [-0.15, -0.1) is 0 Å². The molecule has 0 spiro atoms. The molecule has 2 atom stereocenters. The van der Waals surface area contributed by atoms with Crippen molar-refractivity contribution in [2.75, 3.05) is 7.11 Å². The third kappa shape index (κ3) is 3.38. The summed E-state index contributed by atoms with van der Waals surface area (Å²) < 4.78 is 25.0. The van der Waals surface area contributed by atoms with Crippen LogP contribution in [0, 0.1) is 5.82 Å². The van der Waals surface area contributed by atoms with Crippen LogP contribution in [0.5, 0.6) is 5.75 Å². The van der Waals surface area contributed by atoms with E-state index in [0.717, 1.165) is 18.4 Å². The van der Waals surface area contributed by atoms with Gasteiger partial charge in [0, 0.05) is 13.2 Å². The van der Waals surface area contributed by atoms with Crippen LogP contribution in [0.15, 0.2) is 48.5 Å². The van der Waals surface area contributed by atoms with Gasteiger partial charge in [0.15, 0.2) is 0 Å². The second-order valence-corrected chi connectivity index (χ2v) is 5.99. The lowest BCUT2D eigenvalue weighted by Gasteiger charge is -2.30. The summed E-state index contributed by atoms with van der Waals surface area (Å²) in [5, 5.41) is 10.9. The number of rotatable bonds is 5. The fourth-order valence-electron chi connectivity index (χ4n) is 3.24. The summed E-state index contributed by atoms with van der Waals surface area (Å²) in [4.78, 5) is 0. The zero-order valence-electron chi connectivity index (χ0n) is 13.2. The first-order valence-electron chi connectivity index (χ1n) is 7.85. The standard InChI is InChI=1S/C19H21FO3/c1-22-18-8-5-9-19(18,21)15-10-16(20)12-17(11-15)23-13-14-6-3-2-4-7-14/h2-4,6-7,10-12,18,21H,5,8-9,13H2,1H3. The molecule has 2 unspecified atom stereocenters. The summed E-state index contributed by atoms with van der Waals surface area (Å²) in [6.07, 6.45) is 1.87. The van der Waals surface area contributed by atoms with Crippen molar-refractivity contribution in [2.45, 2.75) is 37.6 Å². The van der Waals surface area contributed by atoms with E-state index in [-0.39, 0.29) is 6.10 Å². The normalized spacial score (nSPS) is 23.9. The summed E-state index contributed by atoms with van der Waals surface area (Å²) in [7, 11) is 1.58. The molecule has 2 aromatic carbocycles. The van der Waals surface area contributed by atoms with Crippen molar-refractivity contribution in [2.24, 2.45) is 0 Å². The minimum atomic E-state index is -1.15. The molecule has 0 amide bonds. The Labute approximate surface area is 135 Å². The van der Waals surface area contributed by atoms with Crippen molar-refractivity contribution in [1.82, 2.24) is 0 Å². The molecular formula is C19H21FO3. The van der Waals surface area contributed by atoms with Crippen LogP contribution in [0.1, 0.15) is 30.4 Å². The molecule has 1 fully saturated rings. The maximum atomic E-state index is 14.0. The van der Waals surface area contributed by atoms with Crippen molar-refractivity contribution < 1.29 is 19.0 Å². The van der Waals surface area contributed by atoms with Crippen molar-refractivity contribution >= 4 is 0 Å². The number of hydrogen-bond donors (Lipinski definition) is 1. The van der Waals surface area contributed by atoms with Gasteiger partial charge in [-0.1, -0.05) is 30.3 Å². The van der Waals surface area contributed by atoms with Gasteiger partial charge in [-0.3, -0.25) is 0 Å². The molecule has 122 valence electrons. The average Bonchev–Trinajstić information content (AvgIpc) is 2.96. The molecule has 1 aliphatic carbocycles. The van der Waals surface area contributed by atoms with Crippen molar-refractivity contribution in [3.8, 4) is 5.75 Å². The molecule has 23 heavy (non-hydrogen) atoms. The molecule has 0 bridgehead atoms. The molecule has 1 N–H and O–H groups in total. The topological polar surface area (TPSA) is 38.7 Å². The highest BCUT2D eigenvalue weighted by Crippen LogP contribution is 2.41. The van der Waals surface area contributed by atoms with Gasteiger partial charge in [0.1, 0.15) is 23.8 Å². The Hall–Kier alpha value is -1.91. The Bertz CT molecular complexity index is 659. The molecule has 1 saturated carbocycles. The van der Waals surface area contributed by atoms with Crippen molar-refractivity contribution in [1.29, 1.82) is 0 Å². The van der Waals surface area contributed by atoms with Crippen LogP contribution in [0.25, 0.3) is 0 Å². The second kappa shape index (κ2) is 6.69. The fourth-order valence-corrected chi connectivity index (χ4v) is 3.24. The summed E-state index contributed by atoms with van der Waals surface area (Å²) in [5.41, 5.74) is 0.374. The van der Waals surface area contributed by atoms with E-state index < -0.39 is 11.4 Å². The summed E-state index contributed by atoms with van der Waals surface area (Å²) in [6.45, 7) is 0.357. The van der Waals surface area contributed by atoms with Gasteiger partial charge in [-0.25, -0.2) is 4.39 Å². The summed E-state index contributed by atoms with van der Waals surface area (Å²) in [5.74, 6) is -0.000212. The fraction of sp³-hybridized carbons (Fsp3) is 0.368. The number of ether oxygens (including phenoxy) is 2. The van der Waals surface area contributed by atoms with Gasteiger partial charge in [-0.05, 0) is 42.5 Å². The van der Waals surface area contributed by atoms with Gasteiger partial charge < -0.3 is 14.6 Å². The van der Waals surface area contributed by atoms with E-state index in [1.54, 1.807) is 13.2 Å². The lowest BCUT2D eigenvalue weighted by Crippen LogP contribution is -2.35. The van der Waals surface area contributed by atoms with Crippen molar-refractivity contribution in [3.63, 3.8) is 0 Å². The Balaban J connectivity index is 1.82. The number of benzene rings is 2. The second-order valence-electron chi connectivity index (χ2n) is 5.99. The Kier molecular flexibility index (Phi) is 4.64. The Morgan fingerprint density at radius 3 is 2.74 bits per heavy atom. The molecule has 1 aliphatic rings. The van der Waals surface area contributed by atoms with Gasteiger partial charge in [-0.2, -0.15) is 0 Å². The van der Waals surface area contributed by atoms with Crippen LogP contribution in [0.4, 0.5) is 4.39 Å². The average molecular weight is 316 g/mol. The van der Waals surface area contributed by atoms with Gasteiger partial charge in [0.05, 0.1) is 6.10 Å². The first-order valence-corrected chi connectivity index (χ1v) is 7.85. The Morgan fingerprint density at radius 1 is 1.22 bits per heavy atom. The smallest absolute Gasteiger partial charge is 0.127 e. The van der Waals surface area contributed by atoms with E-state index in [4.69, 9.17) is 9.47 Å². The Morgan fingerprint density at radius 2 is 2.00 bits per heavy atom. The minimum absolute atomic E-state index is 0.314. The lowest BCUT2D eigenvalue weighted by molar-refractivity contribution is -0.0779. The van der Waals surface area contributed by atoms with Crippen LogP contribution in [-0.4, -0.2) is 18.3 Å². The third-order valence-corrected chi connectivity index (χ3v) is 4.46. The van der Waals surface area contributed by atoms with E-state index in [1.807, 2.05) is 30.3 Å². The first-order chi connectivity index (χ1) is 11.1. The van der Waals surface area contributed by atoms with Gasteiger partial charge >= 0.3 is 0 Å². The number of aliphatic hydroxyl groups is 1. The van der Waals surface area contributed by atoms with Gasteiger partial charge in [0.25, 0.3) is 0 Å². The third-order valence-electron chi connectivity index (χ3n) is 4.46. The lowest BCUT2D eigenvalue weighted by atomic mass is 9.90. The van der Waals surface area contributed by atoms with Crippen LogP contribution in [0.2, 0.25) is 0 Å². The maximum Gasteiger partial charge on any atom is 0.127 e. The predicted octanol–water partition coefficient (Wildman–Crippen LogP) is 3.79. The largest absolute Gasteiger partial charge is 0.489 e. The number of hydrogen-bond acceptors (Lipinski definition) is 3. The highest BCUT2D eigenvalue weighted by Gasteiger charge is 2.43. The monoisotopic (exact) mass is 316 g/mol. The van der Waals surface area contributed by atoms with Crippen LogP contribution >= 0.6 is 0 Å². The zero-order chi connectivity index (χ0) is 16.3. The zero-order valence-corrected chi connectivity index (χ0v) is 13.2. The van der Waals surface area contributed by atoms with E-state index >= 15 is 0 Å². The summed E-state index contributed by atoms with van der Waals surface area (Å²) in [6, 6.07) is 14.1. The summed E-state index contributed by atoms with van der Waals surface area (Å²) >= 11 is 0. The van der Waals surface area contributed by atoms with Crippen LogP contribution in [-0.2, 0) is 16.9 Å². The van der Waals surface area contributed by atoms with E-state index in [2.05, 4.69) is 0 Å². The predicted molar refractivity (Wildman–Crippen MR) is 85.7 cm³/mol. The molecule has 0 heterocycles. The number of halogens is 1. The van der Waals surface area contributed by atoms with E-state index in [9.17, 15) is 9.50 Å². The number of methoxy groups -OCH3 is 1. The molecule has 3 rings (SSSR count). The highest BCUT2D eigenvalue weighted by molar-refractivity contribution is 5.35. The van der Waals surface area contributed by atoms with Gasteiger partial charge in [0.2, 0.25) is 0 Å². The molecule has 0 saturated heterocycles. The molecule has 3 nitrogen and oxygen atoms in total. The molecule has 0 aliphatic heterocycles. The minimum Gasteiger partial charge on any atom is -0.489 e. The SMILES string of the molecule is COC1CCCC1(O)c1cc(F)cc(OCc2ccccc2)c1. The van der Waals surface area contributed by atoms with Crippen molar-refractivity contribution in [3.05, 3.63) is 65.5 Å². The molecule has 4 heteroatoms. The highest BCUT2D eigenvalue weighted by atomic mass is 19.1. The van der Waals surface area contributed by atoms with E-state index in [0.29, 0.717) is 24.3 Å². The maximum absolute atomic E-state index is 14.0. The molecular weight excluding hydrogens is 295 g/mol. The first kappa shape index (κ1) is 16.0. The molecule has 0 radical (unpaired) electrons. The molecule has 0 aromatic heterocycles. The molecule has 2 aromatic rings. The quantitative estimate of drug-likeness (QED) is 0.912. The van der Waals surface area contributed by atoms with E-state index in [1.165, 1.54) is 12.1 Å². The van der Waals surface area contributed by atoms with Crippen LogP contribution in [0.3, 0.4) is 0 Å². The van der Waals surface area contributed by atoms with Crippen LogP contribution < -0.4 is 4.74 Å².